The van der Waals surface area contributed by atoms with E-state index in [4.69, 9.17) is 11.2 Å². The quantitative estimate of drug-likeness (QED) is 0.296. The third-order valence-electron chi connectivity index (χ3n) is 4.41. The van der Waals surface area contributed by atoms with Crippen LogP contribution in [0.3, 0.4) is 0 Å². The van der Waals surface area contributed by atoms with Crippen LogP contribution >= 0.6 is 0 Å². The predicted octanol–water partition coefficient (Wildman–Crippen LogP) is 1.52. The Morgan fingerprint density at radius 3 is 1.00 bits per heavy atom. The highest BCUT2D eigenvalue weighted by Crippen LogP contribution is 2.30. The summed E-state index contributed by atoms with van der Waals surface area (Å²) in [7, 11) is 0. The van der Waals surface area contributed by atoms with Crippen molar-refractivity contribution in [2.75, 3.05) is 0 Å². The van der Waals surface area contributed by atoms with E-state index in [0.29, 0.717) is 12.8 Å². The zero-order chi connectivity index (χ0) is 32.9. The second-order valence-corrected chi connectivity index (χ2v) is 9.22. The van der Waals surface area contributed by atoms with Crippen molar-refractivity contribution in [3.8, 4) is 190 Å². The zero-order valence-corrected chi connectivity index (χ0v) is 24.9. The van der Waals surface area contributed by atoms with E-state index in [1.165, 1.54) is 0 Å². The van der Waals surface area contributed by atoms with Gasteiger partial charge in [-0.15, -0.1) is 6.42 Å². The van der Waals surface area contributed by atoms with Crippen LogP contribution in [0.5, 0.6) is 0 Å². The average Bonchev–Trinajstić information content (AvgIpc) is 2.96. The first-order chi connectivity index (χ1) is 21.7. The van der Waals surface area contributed by atoms with Crippen molar-refractivity contribution >= 4 is 5.97 Å². The van der Waals surface area contributed by atoms with Crippen LogP contribution in [0, 0.1) is 190 Å². The molecule has 0 aromatic carbocycles. The van der Waals surface area contributed by atoms with Crippen molar-refractivity contribution in [2.45, 2.75) is 57.7 Å². The molecular weight excluding hydrogens is 550 g/mol. The third kappa shape index (κ3) is 21.8. The van der Waals surface area contributed by atoms with E-state index in [0.717, 1.165) is 0 Å². The molecule has 0 amide bonds. The van der Waals surface area contributed by atoms with Gasteiger partial charge in [-0.1, -0.05) is 0 Å². The molecule has 1 N–H and O–H groups in total. The molecule has 0 aromatic rings. The van der Waals surface area contributed by atoms with Gasteiger partial charge in [-0.3, -0.25) is 0 Å². The number of hydrogen-bond donors (Lipinski definition) is 1. The highest BCUT2D eigenvalue weighted by molar-refractivity contribution is 5.89. The SMILES string of the molecule is C#CC#CC#CC#CC#CC#CC#CC#CC#CC#CC#CC#CC#CC#CC#CC#CC(=O)OC1CC(C)(C)NC(C)(C)C1. The number of esters is 1. The summed E-state index contributed by atoms with van der Waals surface area (Å²) < 4.78 is 5.48. The summed E-state index contributed by atoms with van der Waals surface area (Å²) in [4.78, 5) is 12.0. The maximum absolute atomic E-state index is 12.0. The Morgan fingerprint density at radius 1 is 0.489 bits per heavy atom. The van der Waals surface area contributed by atoms with Crippen LogP contribution in [-0.2, 0) is 9.53 Å². The fourth-order valence-electron chi connectivity index (χ4n) is 3.45. The highest BCUT2D eigenvalue weighted by atomic mass is 16.5. The maximum atomic E-state index is 12.0. The Labute approximate surface area is 268 Å². The highest BCUT2D eigenvalue weighted by Gasteiger charge is 2.39. The first-order valence-electron chi connectivity index (χ1n) is 12.7. The normalized spacial score (nSPS) is 10.7. The number of hydrogen-bond acceptors (Lipinski definition) is 3. The summed E-state index contributed by atoms with van der Waals surface area (Å²) in [5, 5.41) is 3.53. The molecule has 1 aliphatic rings. The van der Waals surface area contributed by atoms with Crippen LogP contribution in [-0.4, -0.2) is 23.2 Å². The molecule has 1 heterocycles. The number of ether oxygens (including phenoxy) is 1. The second kappa shape index (κ2) is 22.1. The van der Waals surface area contributed by atoms with Gasteiger partial charge in [-0.05, 0) is 122 Å². The zero-order valence-electron chi connectivity index (χ0n) is 24.9. The number of terminal acetylenes is 1. The van der Waals surface area contributed by atoms with Crippen molar-refractivity contribution in [3.05, 3.63) is 0 Å². The van der Waals surface area contributed by atoms with Crippen molar-refractivity contribution in [3.63, 3.8) is 0 Å². The molecule has 0 radical (unpaired) electrons. The number of piperidine rings is 1. The number of nitrogens with one attached hydrogen (secondary N) is 1. The molecule has 3 nitrogen and oxygen atoms in total. The Bertz CT molecular complexity index is 2220. The molecule has 0 spiro atoms. The predicted molar refractivity (Wildman–Crippen MR) is 176 cm³/mol. The first-order valence-corrected chi connectivity index (χ1v) is 12.7. The molecule has 0 atom stereocenters. The summed E-state index contributed by atoms with van der Waals surface area (Å²) in [5.74, 6) is 75.8. The molecule has 1 fully saturated rings. The molecule has 0 bridgehead atoms. The van der Waals surface area contributed by atoms with Gasteiger partial charge in [0.05, 0.1) is 0 Å². The minimum atomic E-state index is -0.608. The van der Waals surface area contributed by atoms with Crippen LogP contribution in [0.2, 0.25) is 0 Å². The molecule has 1 aliphatic heterocycles. The maximum Gasteiger partial charge on any atom is 0.385 e. The fraction of sp³-hybridized carbons (Fsp3) is 0.214. The minimum absolute atomic E-state index is 0.130. The van der Waals surface area contributed by atoms with Gasteiger partial charge in [0.1, 0.15) is 6.10 Å². The van der Waals surface area contributed by atoms with E-state index in [9.17, 15) is 4.79 Å². The number of rotatable bonds is 1. The summed E-state index contributed by atoms with van der Waals surface area (Å²) in [6.45, 7) is 8.31. The molecule has 1 saturated heterocycles. The van der Waals surface area contributed by atoms with E-state index < -0.39 is 5.97 Å². The molecule has 0 aromatic heterocycles. The third-order valence-corrected chi connectivity index (χ3v) is 4.41. The topological polar surface area (TPSA) is 38.3 Å². The van der Waals surface area contributed by atoms with Gasteiger partial charge in [0.25, 0.3) is 0 Å². The fourth-order valence-corrected chi connectivity index (χ4v) is 3.45. The van der Waals surface area contributed by atoms with Gasteiger partial charge in [-0.25, -0.2) is 4.79 Å². The molecule has 0 saturated carbocycles. The minimum Gasteiger partial charge on any atom is -0.453 e. The smallest absolute Gasteiger partial charge is 0.385 e. The Balaban J connectivity index is 2.43. The molecule has 0 unspecified atom stereocenters. The van der Waals surface area contributed by atoms with E-state index in [1.807, 2.05) is 0 Å². The lowest BCUT2D eigenvalue weighted by Crippen LogP contribution is -2.59. The van der Waals surface area contributed by atoms with Gasteiger partial charge >= 0.3 is 5.97 Å². The summed E-state index contributed by atoms with van der Waals surface area (Å²) in [6.07, 6.45) is 6.15. The molecule has 3 heteroatoms. The largest absolute Gasteiger partial charge is 0.453 e. The Hall–Kier alpha value is -7.61. The lowest BCUT2D eigenvalue weighted by Gasteiger charge is -2.45. The molecule has 204 valence electrons. The Morgan fingerprint density at radius 2 is 0.733 bits per heavy atom. The van der Waals surface area contributed by atoms with Crippen molar-refractivity contribution in [2.24, 2.45) is 0 Å². The average molecular weight is 570 g/mol. The van der Waals surface area contributed by atoms with Crippen LogP contribution in [0.1, 0.15) is 40.5 Å². The van der Waals surface area contributed by atoms with Crippen molar-refractivity contribution in [1.29, 1.82) is 0 Å². The summed E-state index contributed by atoms with van der Waals surface area (Å²) >= 11 is 0. The van der Waals surface area contributed by atoms with E-state index in [2.05, 4.69) is 217 Å². The van der Waals surface area contributed by atoms with Crippen LogP contribution in [0.25, 0.3) is 0 Å². The van der Waals surface area contributed by atoms with Gasteiger partial charge in [0.15, 0.2) is 0 Å². The van der Waals surface area contributed by atoms with Gasteiger partial charge in [0.2, 0.25) is 0 Å². The lowest BCUT2D eigenvalue weighted by atomic mass is 9.81. The number of carbonyl (C=O) groups is 1. The lowest BCUT2D eigenvalue weighted by molar-refractivity contribution is -0.145. The van der Waals surface area contributed by atoms with E-state index >= 15 is 0 Å². The molecule has 0 aliphatic carbocycles. The van der Waals surface area contributed by atoms with Gasteiger partial charge < -0.3 is 10.1 Å². The van der Waals surface area contributed by atoms with Crippen LogP contribution < -0.4 is 5.32 Å². The monoisotopic (exact) mass is 569 g/mol. The molecule has 1 rings (SSSR count). The molecule has 45 heavy (non-hydrogen) atoms. The van der Waals surface area contributed by atoms with Gasteiger partial charge in [-0.2, -0.15) is 0 Å². The standard InChI is InChI=1S/C42H19NO2/c1-6-7-8-9-10-11-12-13-14-15-16-17-18-19-20-21-22-23-24-25-26-27-28-29-30-31-32-33-34-35-36-40(44)45-39-37-41(2,3)43-42(4,5)38-39/h1,39,43H,37-38H2,2-5H3. The van der Waals surface area contributed by atoms with Crippen molar-refractivity contribution in [1.82, 2.24) is 5.32 Å². The second-order valence-electron chi connectivity index (χ2n) is 9.22. The number of carbonyl (C=O) groups excluding carboxylic acids is 1. The molecular formula is C42H19NO2. The first kappa shape index (κ1) is 35.4. The van der Waals surface area contributed by atoms with E-state index in [1.54, 1.807) is 0 Å². The van der Waals surface area contributed by atoms with Gasteiger partial charge in [0, 0.05) is 113 Å². The summed E-state index contributed by atoms with van der Waals surface area (Å²) in [5.41, 5.74) is -0.260. The summed E-state index contributed by atoms with van der Waals surface area (Å²) in [6, 6.07) is 0. The van der Waals surface area contributed by atoms with E-state index in [-0.39, 0.29) is 17.2 Å². The van der Waals surface area contributed by atoms with Crippen molar-refractivity contribution < 1.29 is 9.53 Å². The van der Waals surface area contributed by atoms with Crippen LogP contribution in [0.4, 0.5) is 0 Å². The van der Waals surface area contributed by atoms with Crippen LogP contribution in [0.15, 0.2) is 0 Å². The Kier molecular flexibility index (Phi) is 17.4.